The van der Waals surface area contributed by atoms with Crippen LogP contribution in [-0.4, -0.2) is 16.2 Å². The number of rotatable bonds is 6. The monoisotopic (exact) mass is 487 g/mol. The molecule has 0 unspecified atom stereocenters. The number of hydrogen-bond acceptors (Lipinski definition) is 3. The summed E-state index contributed by atoms with van der Waals surface area (Å²) < 4.78 is 125. The van der Waals surface area contributed by atoms with Crippen LogP contribution in [0.1, 0.15) is 37.1 Å². The summed E-state index contributed by atoms with van der Waals surface area (Å²) in [5, 5.41) is 0. The first-order valence-corrected chi connectivity index (χ1v) is 9.33. The third-order valence-corrected chi connectivity index (χ3v) is 4.22. The Balaban J connectivity index is 2.79. The molecule has 2 aromatic rings. The molecule has 1 aromatic carbocycles. The van der Waals surface area contributed by atoms with Gasteiger partial charge in [-0.25, -0.2) is 9.98 Å². The molecule has 0 fully saturated rings. The van der Waals surface area contributed by atoms with Gasteiger partial charge in [-0.3, -0.25) is 4.57 Å². The summed E-state index contributed by atoms with van der Waals surface area (Å²) in [6, 6.07) is 1.18. The van der Waals surface area contributed by atoms with Crippen LogP contribution in [0, 0.1) is 0 Å². The SMILES string of the molecule is C=C(C)CCOc1cc(C(F)(F)F)nc(=Nc2ccc(C(F)(F)F)cc2C(F)(F)F)n1CC. The molecular weight excluding hydrogens is 469 g/mol. The van der Waals surface area contributed by atoms with E-state index in [4.69, 9.17) is 4.74 Å². The minimum absolute atomic E-state index is 0.0792. The third kappa shape index (κ3) is 6.75. The van der Waals surface area contributed by atoms with Crippen LogP contribution in [-0.2, 0) is 25.1 Å². The van der Waals surface area contributed by atoms with E-state index >= 15 is 0 Å². The molecule has 1 heterocycles. The van der Waals surface area contributed by atoms with Crippen LogP contribution in [0.3, 0.4) is 0 Å². The fourth-order valence-corrected chi connectivity index (χ4v) is 2.62. The summed E-state index contributed by atoms with van der Waals surface area (Å²) in [4.78, 5) is 6.84. The zero-order valence-electron chi connectivity index (χ0n) is 17.3. The Morgan fingerprint density at radius 1 is 1.00 bits per heavy atom. The number of alkyl halides is 9. The van der Waals surface area contributed by atoms with Crippen LogP contribution in [0.25, 0.3) is 0 Å². The Morgan fingerprint density at radius 2 is 1.64 bits per heavy atom. The van der Waals surface area contributed by atoms with E-state index in [1.807, 2.05) is 0 Å². The fourth-order valence-electron chi connectivity index (χ4n) is 2.62. The molecule has 4 nitrogen and oxygen atoms in total. The van der Waals surface area contributed by atoms with Crippen molar-refractivity contribution in [1.29, 1.82) is 0 Å². The van der Waals surface area contributed by atoms with Crippen molar-refractivity contribution in [2.45, 2.75) is 45.3 Å². The maximum absolute atomic E-state index is 13.4. The van der Waals surface area contributed by atoms with Gasteiger partial charge in [-0.1, -0.05) is 5.57 Å². The van der Waals surface area contributed by atoms with E-state index in [2.05, 4.69) is 16.6 Å². The lowest BCUT2D eigenvalue weighted by Gasteiger charge is -2.17. The van der Waals surface area contributed by atoms with Crippen molar-refractivity contribution in [1.82, 2.24) is 9.55 Å². The normalized spacial score (nSPS) is 13.4. The highest BCUT2D eigenvalue weighted by molar-refractivity contribution is 5.50. The fraction of sp³-hybridized carbons (Fsp3) is 0.400. The predicted molar refractivity (Wildman–Crippen MR) is 99.5 cm³/mol. The molecule has 0 radical (unpaired) electrons. The topological polar surface area (TPSA) is 39.4 Å². The summed E-state index contributed by atoms with van der Waals surface area (Å²) in [5.74, 6) is -0.375. The first kappa shape index (κ1) is 26.3. The molecule has 0 saturated heterocycles. The molecular formula is C20H18F9N3O. The largest absolute Gasteiger partial charge is 0.478 e. The van der Waals surface area contributed by atoms with E-state index in [1.165, 1.54) is 6.92 Å². The Kier molecular flexibility index (Phi) is 7.54. The van der Waals surface area contributed by atoms with Gasteiger partial charge in [0.15, 0.2) is 11.6 Å². The van der Waals surface area contributed by atoms with Crippen LogP contribution in [0.4, 0.5) is 45.2 Å². The van der Waals surface area contributed by atoms with Gasteiger partial charge in [0, 0.05) is 19.0 Å². The van der Waals surface area contributed by atoms with Crippen molar-refractivity contribution in [3.8, 4) is 5.88 Å². The number of benzene rings is 1. The second-order valence-electron chi connectivity index (χ2n) is 6.92. The number of hydrogen-bond donors (Lipinski definition) is 0. The molecule has 2 rings (SSSR count). The van der Waals surface area contributed by atoms with Gasteiger partial charge in [-0.2, -0.15) is 39.5 Å². The van der Waals surface area contributed by atoms with E-state index < -0.39 is 46.7 Å². The van der Waals surface area contributed by atoms with Crippen LogP contribution in [0.15, 0.2) is 41.4 Å². The van der Waals surface area contributed by atoms with E-state index in [-0.39, 0.29) is 31.5 Å². The number of nitrogens with zero attached hydrogens (tertiary/aromatic N) is 3. The first-order chi connectivity index (χ1) is 15.0. The zero-order valence-corrected chi connectivity index (χ0v) is 17.3. The van der Waals surface area contributed by atoms with Gasteiger partial charge >= 0.3 is 18.5 Å². The van der Waals surface area contributed by atoms with E-state index in [0.717, 1.165) is 4.57 Å². The maximum Gasteiger partial charge on any atom is 0.433 e. The third-order valence-electron chi connectivity index (χ3n) is 4.22. The highest BCUT2D eigenvalue weighted by atomic mass is 19.4. The summed E-state index contributed by atoms with van der Waals surface area (Å²) in [7, 11) is 0. The zero-order chi connectivity index (χ0) is 25.2. The minimum Gasteiger partial charge on any atom is -0.478 e. The highest BCUT2D eigenvalue weighted by Gasteiger charge is 2.39. The molecule has 0 N–H and O–H groups in total. The summed E-state index contributed by atoms with van der Waals surface area (Å²) in [6.45, 7) is 6.57. The molecule has 0 saturated carbocycles. The highest BCUT2D eigenvalue weighted by Crippen LogP contribution is 2.40. The van der Waals surface area contributed by atoms with E-state index in [0.29, 0.717) is 23.8 Å². The molecule has 0 aliphatic rings. The van der Waals surface area contributed by atoms with Gasteiger partial charge in [-0.05, 0) is 32.0 Å². The van der Waals surface area contributed by atoms with Crippen molar-refractivity contribution in [3.05, 3.63) is 58.9 Å². The second-order valence-corrected chi connectivity index (χ2v) is 6.92. The first-order valence-electron chi connectivity index (χ1n) is 9.33. The van der Waals surface area contributed by atoms with Crippen molar-refractivity contribution >= 4 is 5.69 Å². The lowest BCUT2D eigenvalue weighted by atomic mass is 10.1. The Bertz CT molecular complexity index is 1080. The molecule has 1 aromatic heterocycles. The number of ether oxygens (including phenoxy) is 1. The van der Waals surface area contributed by atoms with Crippen LogP contribution in [0.5, 0.6) is 5.88 Å². The van der Waals surface area contributed by atoms with Crippen LogP contribution < -0.4 is 10.4 Å². The molecule has 0 aliphatic heterocycles. The summed E-state index contributed by atoms with van der Waals surface area (Å²) in [6.07, 6.45) is -15.0. The lowest BCUT2D eigenvalue weighted by Crippen LogP contribution is -2.29. The predicted octanol–water partition coefficient (Wildman–Crippen LogP) is 6.54. The molecule has 13 heteroatoms. The van der Waals surface area contributed by atoms with Crippen molar-refractivity contribution in [3.63, 3.8) is 0 Å². The average molecular weight is 487 g/mol. The van der Waals surface area contributed by atoms with E-state index in [1.54, 1.807) is 6.92 Å². The van der Waals surface area contributed by atoms with Crippen LogP contribution >= 0.6 is 0 Å². The van der Waals surface area contributed by atoms with Gasteiger partial charge in [-0.15, -0.1) is 6.58 Å². The molecule has 0 amide bonds. The number of aromatic nitrogens is 2. The van der Waals surface area contributed by atoms with Gasteiger partial charge in [0.2, 0.25) is 5.62 Å². The van der Waals surface area contributed by atoms with Gasteiger partial charge in [0.1, 0.15) is 0 Å². The van der Waals surface area contributed by atoms with Crippen molar-refractivity contribution in [2.75, 3.05) is 6.61 Å². The van der Waals surface area contributed by atoms with Crippen LogP contribution in [0.2, 0.25) is 0 Å². The van der Waals surface area contributed by atoms with E-state index in [9.17, 15) is 39.5 Å². The van der Waals surface area contributed by atoms with Crippen molar-refractivity contribution in [2.24, 2.45) is 4.99 Å². The smallest absolute Gasteiger partial charge is 0.433 e. The van der Waals surface area contributed by atoms with Gasteiger partial charge in [0.25, 0.3) is 0 Å². The second kappa shape index (κ2) is 9.48. The standard InChI is InChI=1S/C20H18F9N3O/c1-4-32-16(33-8-7-11(2)3)10-15(20(27,28)29)31-17(32)30-14-6-5-12(18(21,22)23)9-13(14)19(24,25)26/h5-6,9-10H,2,4,7-8H2,1,3H3. The van der Waals surface area contributed by atoms with Gasteiger partial charge in [0.05, 0.1) is 23.4 Å². The van der Waals surface area contributed by atoms with Crippen molar-refractivity contribution < 1.29 is 44.3 Å². The quantitative estimate of drug-likeness (QED) is 0.343. The minimum atomic E-state index is -5.26. The van der Waals surface area contributed by atoms with Gasteiger partial charge < -0.3 is 4.74 Å². The molecule has 182 valence electrons. The Hall–Kier alpha value is -2.99. The Morgan fingerprint density at radius 3 is 2.12 bits per heavy atom. The maximum atomic E-state index is 13.4. The Labute approximate surface area is 182 Å². The molecule has 0 bridgehead atoms. The summed E-state index contributed by atoms with van der Waals surface area (Å²) in [5.41, 5.74) is -6.02. The molecule has 0 atom stereocenters. The number of halogens is 9. The molecule has 0 aliphatic carbocycles. The lowest BCUT2D eigenvalue weighted by molar-refractivity contribution is -0.143. The molecule has 33 heavy (non-hydrogen) atoms. The summed E-state index contributed by atoms with van der Waals surface area (Å²) >= 11 is 0. The molecule has 0 spiro atoms. The average Bonchev–Trinajstić information content (AvgIpc) is 2.65.